The highest BCUT2D eigenvalue weighted by Crippen LogP contribution is 2.22. The van der Waals surface area contributed by atoms with Gasteiger partial charge in [-0.3, -0.25) is 0 Å². The molecule has 0 heterocycles. The standard InChI is InChI=1S/C10H11BrN2O2S/c1-8-7-9(11)3-4-10(8)16(14,15)13(2)6-5-12/h3-4,7H,6H2,1-2H3. The summed E-state index contributed by atoms with van der Waals surface area (Å²) in [5.74, 6) is 0. The van der Waals surface area contributed by atoms with Crippen LogP contribution in [0.15, 0.2) is 27.6 Å². The van der Waals surface area contributed by atoms with Crippen molar-refractivity contribution in [2.24, 2.45) is 0 Å². The molecule has 86 valence electrons. The van der Waals surface area contributed by atoms with Crippen LogP contribution >= 0.6 is 15.9 Å². The number of benzene rings is 1. The van der Waals surface area contributed by atoms with Crippen molar-refractivity contribution >= 4 is 26.0 Å². The monoisotopic (exact) mass is 302 g/mol. The number of nitrogens with zero attached hydrogens (tertiary/aromatic N) is 2. The highest BCUT2D eigenvalue weighted by molar-refractivity contribution is 9.10. The second kappa shape index (κ2) is 4.95. The molecule has 0 radical (unpaired) electrons. The largest absolute Gasteiger partial charge is 0.244 e. The summed E-state index contributed by atoms with van der Waals surface area (Å²) < 4.78 is 25.9. The third-order valence-corrected chi connectivity index (χ3v) is 4.58. The van der Waals surface area contributed by atoms with Gasteiger partial charge in [-0.2, -0.15) is 9.57 Å². The number of rotatable bonds is 3. The predicted octanol–water partition coefficient (Wildman–Crippen LogP) is 1.90. The Morgan fingerprint density at radius 3 is 2.62 bits per heavy atom. The second-order valence-corrected chi connectivity index (χ2v) is 6.26. The molecule has 16 heavy (non-hydrogen) atoms. The SMILES string of the molecule is Cc1cc(Br)ccc1S(=O)(=O)N(C)CC#N. The average molecular weight is 303 g/mol. The van der Waals surface area contributed by atoms with Crippen molar-refractivity contribution in [3.05, 3.63) is 28.2 Å². The first-order valence-electron chi connectivity index (χ1n) is 4.49. The van der Waals surface area contributed by atoms with Gasteiger partial charge < -0.3 is 0 Å². The molecule has 0 saturated carbocycles. The average Bonchev–Trinajstić information content (AvgIpc) is 2.17. The molecule has 1 aromatic rings. The molecule has 1 rings (SSSR count). The zero-order valence-electron chi connectivity index (χ0n) is 8.94. The van der Waals surface area contributed by atoms with Crippen LogP contribution in [0.1, 0.15) is 5.56 Å². The van der Waals surface area contributed by atoms with Crippen LogP contribution in [0.25, 0.3) is 0 Å². The summed E-state index contributed by atoms with van der Waals surface area (Å²) >= 11 is 3.27. The third kappa shape index (κ3) is 2.61. The Morgan fingerprint density at radius 1 is 1.50 bits per heavy atom. The third-order valence-electron chi connectivity index (χ3n) is 2.12. The highest BCUT2D eigenvalue weighted by atomic mass is 79.9. The Morgan fingerprint density at radius 2 is 2.12 bits per heavy atom. The van der Waals surface area contributed by atoms with Crippen molar-refractivity contribution < 1.29 is 8.42 Å². The van der Waals surface area contributed by atoms with Crippen molar-refractivity contribution in [2.45, 2.75) is 11.8 Å². The van der Waals surface area contributed by atoms with E-state index >= 15 is 0 Å². The summed E-state index contributed by atoms with van der Waals surface area (Å²) in [5, 5.41) is 8.50. The van der Waals surface area contributed by atoms with Crippen molar-refractivity contribution in [1.82, 2.24) is 4.31 Å². The molecule has 0 unspecified atom stereocenters. The van der Waals surface area contributed by atoms with Gasteiger partial charge >= 0.3 is 0 Å². The molecular formula is C10H11BrN2O2S. The first kappa shape index (κ1) is 13.2. The minimum atomic E-state index is -3.56. The molecule has 0 N–H and O–H groups in total. The first-order chi connectivity index (χ1) is 7.39. The Balaban J connectivity index is 3.23. The van der Waals surface area contributed by atoms with Crippen LogP contribution in [0.4, 0.5) is 0 Å². The minimum Gasteiger partial charge on any atom is -0.207 e. The Bertz CT molecular complexity index is 534. The molecule has 0 aliphatic rings. The van der Waals surface area contributed by atoms with Crippen molar-refractivity contribution in [3.63, 3.8) is 0 Å². The molecule has 0 aromatic heterocycles. The molecule has 0 atom stereocenters. The van der Waals surface area contributed by atoms with Gasteiger partial charge in [0, 0.05) is 11.5 Å². The molecular weight excluding hydrogens is 292 g/mol. The molecule has 0 aliphatic heterocycles. The number of nitriles is 1. The zero-order valence-corrected chi connectivity index (χ0v) is 11.3. The van der Waals surface area contributed by atoms with Crippen LogP contribution in [-0.4, -0.2) is 26.3 Å². The van der Waals surface area contributed by atoms with Gasteiger partial charge in [0.1, 0.15) is 6.54 Å². The van der Waals surface area contributed by atoms with E-state index in [1.54, 1.807) is 19.1 Å². The molecule has 0 amide bonds. The molecule has 0 spiro atoms. The molecule has 6 heteroatoms. The molecule has 4 nitrogen and oxygen atoms in total. The highest BCUT2D eigenvalue weighted by Gasteiger charge is 2.22. The van der Waals surface area contributed by atoms with Gasteiger partial charge in [-0.05, 0) is 30.7 Å². The quantitative estimate of drug-likeness (QED) is 0.801. The molecule has 0 fully saturated rings. The van der Waals surface area contributed by atoms with Gasteiger partial charge in [-0.25, -0.2) is 8.42 Å². The fraction of sp³-hybridized carbons (Fsp3) is 0.300. The fourth-order valence-electron chi connectivity index (χ4n) is 1.25. The maximum absolute atomic E-state index is 12.0. The Hall–Kier alpha value is -0.900. The molecule has 0 aliphatic carbocycles. The number of hydrogen-bond donors (Lipinski definition) is 0. The Kier molecular flexibility index (Phi) is 4.08. The van der Waals surface area contributed by atoms with Crippen LogP contribution in [0, 0.1) is 18.3 Å². The first-order valence-corrected chi connectivity index (χ1v) is 6.72. The van der Waals surface area contributed by atoms with E-state index in [1.807, 2.05) is 6.07 Å². The smallest absolute Gasteiger partial charge is 0.207 e. The van der Waals surface area contributed by atoms with E-state index in [4.69, 9.17) is 5.26 Å². The van der Waals surface area contributed by atoms with E-state index in [9.17, 15) is 8.42 Å². The normalized spacial score (nSPS) is 11.4. The summed E-state index contributed by atoms with van der Waals surface area (Å²) in [6.45, 7) is 1.57. The molecule has 0 saturated heterocycles. The van der Waals surface area contributed by atoms with E-state index in [0.717, 1.165) is 8.78 Å². The Labute approximate surface area is 104 Å². The maximum atomic E-state index is 12.0. The zero-order chi connectivity index (χ0) is 12.3. The van der Waals surface area contributed by atoms with E-state index in [-0.39, 0.29) is 11.4 Å². The summed E-state index contributed by atoms with van der Waals surface area (Å²) in [7, 11) is -2.17. The summed E-state index contributed by atoms with van der Waals surface area (Å²) in [6, 6.07) is 6.74. The topological polar surface area (TPSA) is 61.2 Å². The molecule has 1 aromatic carbocycles. The van der Waals surface area contributed by atoms with Gasteiger partial charge in [0.05, 0.1) is 11.0 Å². The van der Waals surface area contributed by atoms with Gasteiger partial charge in [-0.1, -0.05) is 15.9 Å². The van der Waals surface area contributed by atoms with Gasteiger partial charge in [0.2, 0.25) is 10.0 Å². The van der Waals surface area contributed by atoms with E-state index in [0.29, 0.717) is 5.56 Å². The van der Waals surface area contributed by atoms with Crippen molar-refractivity contribution in [2.75, 3.05) is 13.6 Å². The van der Waals surface area contributed by atoms with Crippen LogP contribution in [0.2, 0.25) is 0 Å². The number of halogens is 1. The lowest BCUT2D eigenvalue weighted by molar-refractivity contribution is 0.501. The van der Waals surface area contributed by atoms with E-state index in [2.05, 4.69) is 15.9 Å². The van der Waals surface area contributed by atoms with Gasteiger partial charge in [-0.15, -0.1) is 0 Å². The van der Waals surface area contributed by atoms with Crippen LogP contribution in [-0.2, 0) is 10.0 Å². The van der Waals surface area contributed by atoms with Crippen molar-refractivity contribution in [1.29, 1.82) is 5.26 Å². The van der Waals surface area contributed by atoms with Gasteiger partial charge in [0.15, 0.2) is 0 Å². The van der Waals surface area contributed by atoms with E-state index < -0.39 is 10.0 Å². The number of hydrogen-bond acceptors (Lipinski definition) is 3. The van der Waals surface area contributed by atoms with Crippen LogP contribution < -0.4 is 0 Å². The van der Waals surface area contributed by atoms with Gasteiger partial charge in [0.25, 0.3) is 0 Å². The second-order valence-electron chi connectivity index (χ2n) is 3.33. The van der Waals surface area contributed by atoms with Crippen molar-refractivity contribution in [3.8, 4) is 6.07 Å². The lowest BCUT2D eigenvalue weighted by Crippen LogP contribution is -2.27. The maximum Gasteiger partial charge on any atom is 0.244 e. The lowest BCUT2D eigenvalue weighted by atomic mass is 10.2. The van der Waals surface area contributed by atoms with Crippen LogP contribution in [0.5, 0.6) is 0 Å². The summed E-state index contributed by atoms with van der Waals surface area (Å²) in [4.78, 5) is 0.230. The fourth-order valence-corrected chi connectivity index (χ4v) is 3.00. The number of sulfonamides is 1. The summed E-state index contributed by atoms with van der Waals surface area (Å²) in [5.41, 5.74) is 0.652. The summed E-state index contributed by atoms with van der Waals surface area (Å²) in [6.07, 6.45) is 0. The predicted molar refractivity (Wildman–Crippen MR) is 64.3 cm³/mol. The minimum absolute atomic E-state index is 0.155. The molecule has 0 bridgehead atoms. The lowest BCUT2D eigenvalue weighted by Gasteiger charge is -2.15. The van der Waals surface area contributed by atoms with Crippen LogP contribution in [0.3, 0.4) is 0 Å². The van der Waals surface area contributed by atoms with E-state index in [1.165, 1.54) is 13.1 Å². The number of aryl methyl sites for hydroxylation is 1.